The Labute approximate surface area is 221 Å². The summed E-state index contributed by atoms with van der Waals surface area (Å²) in [7, 11) is 8.95. The molecule has 1 aliphatic heterocycles. The van der Waals surface area contributed by atoms with E-state index < -0.39 is 0 Å². The van der Waals surface area contributed by atoms with Gasteiger partial charge < -0.3 is 19.7 Å². The SMILES string of the molecule is COc1ccc(OC)c([C@H]2SCC(=O)N(CC(=O)NCCN(C)C)c3c2c(-c2ccccc2)nn3C)c1. The number of ether oxygens (including phenoxy) is 2. The lowest BCUT2D eigenvalue weighted by Crippen LogP contribution is -2.43. The van der Waals surface area contributed by atoms with Crippen molar-refractivity contribution in [2.24, 2.45) is 7.05 Å². The summed E-state index contributed by atoms with van der Waals surface area (Å²) in [5, 5.41) is 7.49. The van der Waals surface area contributed by atoms with E-state index in [1.54, 1.807) is 23.8 Å². The Kier molecular flexibility index (Phi) is 8.40. The Morgan fingerprint density at radius 3 is 2.59 bits per heavy atom. The highest BCUT2D eigenvalue weighted by atomic mass is 32.2. The molecule has 0 aliphatic carbocycles. The molecule has 2 heterocycles. The van der Waals surface area contributed by atoms with Gasteiger partial charge in [0.1, 0.15) is 23.9 Å². The van der Waals surface area contributed by atoms with Crippen molar-refractivity contribution in [3.05, 3.63) is 59.7 Å². The Morgan fingerprint density at radius 2 is 1.92 bits per heavy atom. The molecular weight excluding hydrogens is 490 g/mol. The van der Waals surface area contributed by atoms with Crippen LogP contribution in [0.3, 0.4) is 0 Å². The first-order valence-electron chi connectivity index (χ1n) is 12.0. The Morgan fingerprint density at radius 1 is 1.16 bits per heavy atom. The second kappa shape index (κ2) is 11.7. The van der Waals surface area contributed by atoms with Gasteiger partial charge in [-0.2, -0.15) is 5.10 Å². The van der Waals surface area contributed by atoms with E-state index in [-0.39, 0.29) is 29.4 Å². The molecule has 0 saturated carbocycles. The van der Waals surface area contributed by atoms with E-state index in [0.29, 0.717) is 30.4 Å². The van der Waals surface area contributed by atoms with Crippen LogP contribution in [-0.4, -0.2) is 80.2 Å². The Bertz CT molecular complexity index is 1260. The molecular formula is C27H33N5O4S. The van der Waals surface area contributed by atoms with Crippen LogP contribution in [0.25, 0.3) is 11.3 Å². The van der Waals surface area contributed by atoms with Crippen LogP contribution in [0.5, 0.6) is 11.5 Å². The molecule has 1 N–H and O–H groups in total. The predicted molar refractivity (Wildman–Crippen MR) is 146 cm³/mol. The average molecular weight is 524 g/mol. The number of nitrogens with one attached hydrogen (secondary N) is 1. The molecule has 1 atom stereocenters. The number of nitrogens with zero attached hydrogens (tertiary/aromatic N) is 4. The van der Waals surface area contributed by atoms with E-state index in [4.69, 9.17) is 14.6 Å². The van der Waals surface area contributed by atoms with Crippen LogP contribution in [0.15, 0.2) is 48.5 Å². The largest absolute Gasteiger partial charge is 0.497 e. The normalized spacial score (nSPS) is 15.4. The monoisotopic (exact) mass is 523 g/mol. The van der Waals surface area contributed by atoms with Crippen molar-refractivity contribution in [1.29, 1.82) is 0 Å². The maximum absolute atomic E-state index is 13.5. The van der Waals surface area contributed by atoms with E-state index in [1.807, 2.05) is 74.6 Å². The van der Waals surface area contributed by atoms with Crippen LogP contribution >= 0.6 is 11.8 Å². The fourth-order valence-corrected chi connectivity index (χ4v) is 5.62. The molecule has 4 rings (SSSR count). The number of carbonyl (C=O) groups is 2. The minimum Gasteiger partial charge on any atom is -0.497 e. The standard InChI is InChI=1S/C27H33N5O4S/c1-30(2)14-13-28-22(33)16-32-23(34)17-37-26(20-15-19(35-4)11-12-21(20)36-5)24-25(29-31(3)27(24)32)18-9-7-6-8-10-18/h6-12,15,26H,13-14,16-17H2,1-5H3,(H,28,33)/t26-/m1/s1. The fraction of sp³-hybridized carbons (Fsp3) is 0.370. The minimum atomic E-state index is -0.283. The van der Waals surface area contributed by atoms with E-state index in [2.05, 4.69) is 5.32 Å². The number of thioether (sulfide) groups is 1. The number of rotatable bonds is 9. The zero-order valence-electron chi connectivity index (χ0n) is 21.9. The van der Waals surface area contributed by atoms with Gasteiger partial charge in [0, 0.05) is 36.8 Å². The molecule has 0 saturated heterocycles. The highest BCUT2D eigenvalue weighted by Crippen LogP contribution is 2.50. The minimum absolute atomic E-state index is 0.0877. The average Bonchev–Trinajstić information content (AvgIpc) is 3.16. The number of hydrogen-bond donors (Lipinski definition) is 1. The summed E-state index contributed by atoms with van der Waals surface area (Å²) in [5.41, 5.74) is 3.42. The van der Waals surface area contributed by atoms with Gasteiger partial charge in [-0.25, -0.2) is 0 Å². The number of hydrogen-bond acceptors (Lipinski definition) is 7. The molecule has 10 heteroatoms. The molecule has 1 aliphatic rings. The van der Waals surface area contributed by atoms with Gasteiger partial charge >= 0.3 is 0 Å². The summed E-state index contributed by atoms with van der Waals surface area (Å²) in [6, 6.07) is 15.5. The van der Waals surface area contributed by atoms with Gasteiger partial charge in [0.05, 0.1) is 30.9 Å². The first kappa shape index (κ1) is 26.6. The van der Waals surface area contributed by atoms with Crippen molar-refractivity contribution in [3.8, 4) is 22.8 Å². The van der Waals surface area contributed by atoms with Crippen molar-refractivity contribution in [3.63, 3.8) is 0 Å². The number of aromatic nitrogens is 2. The summed E-state index contributed by atoms with van der Waals surface area (Å²) in [6.07, 6.45) is 0. The molecule has 0 bridgehead atoms. The Hall–Kier alpha value is -3.50. The van der Waals surface area contributed by atoms with Crippen LogP contribution in [0.2, 0.25) is 0 Å². The van der Waals surface area contributed by atoms with Crippen molar-refractivity contribution >= 4 is 29.4 Å². The van der Waals surface area contributed by atoms with E-state index >= 15 is 0 Å². The van der Waals surface area contributed by atoms with E-state index in [9.17, 15) is 9.59 Å². The lowest BCUT2D eigenvalue weighted by atomic mass is 9.98. The fourth-order valence-electron chi connectivity index (χ4n) is 4.41. The zero-order chi connectivity index (χ0) is 26.5. The zero-order valence-corrected chi connectivity index (χ0v) is 22.7. The van der Waals surface area contributed by atoms with Crippen LogP contribution < -0.4 is 19.7 Å². The summed E-state index contributed by atoms with van der Waals surface area (Å²) in [6.45, 7) is 1.12. The summed E-state index contributed by atoms with van der Waals surface area (Å²) in [4.78, 5) is 29.9. The number of likely N-dealkylation sites (N-methyl/N-ethyl adjacent to an activating group) is 1. The van der Waals surface area contributed by atoms with Gasteiger partial charge in [-0.3, -0.25) is 19.2 Å². The molecule has 2 aromatic carbocycles. The second-order valence-electron chi connectivity index (χ2n) is 9.01. The topological polar surface area (TPSA) is 88.9 Å². The molecule has 196 valence electrons. The second-order valence-corrected chi connectivity index (χ2v) is 10.1. The molecule has 0 spiro atoms. The summed E-state index contributed by atoms with van der Waals surface area (Å²) >= 11 is 1.49. The van der Waals surface area contributed by atoms with Crippen LogP contribution in [-0.2, 0) is 16.6 Å². The van der Waals surface area contributed by atoms with Crippen LogP contribution in [0.1, 0.15) is 16.4 Å². The highest BCUT2D eigenvalue weighted by Gasteiger charge is 2.37. The lowest BCUT2D eigenvalue weighted by Gasteiger charge is -2.23. The van der Waals surface area contributed by atoms with Crippen LogP contribution in [0.4, 0.5) is 5.82 Å². The quantitative estimate of drug-likeness (QED) is 0.461. The molecule has 37 heavy (non-hydrogen) atoms. The van der Waals surface area contributed by atoms with Gasteiger partial charge in [-0.05, 0) is 32.3 Å². The third-order valence-corrected chi connectivity index (χ3v) is 7.43. The van der Waals surface area contributed by atoms with Gasteiger partial charge in [-0.15, -0.1) is 11.8 Å². The maximum atomic E-state index is 13.5. The molecule has 2 amide bonds. The number of fused-ring (bicyclic) bond motifs is 1. The molecule has 3 aromatic rings. The van der Waals surface area contributed by atoms with E-state index in [1.165, 1.54) is 11.8 Å². The van der Waals surface area contributed by atoms with Gasteiger partial charge in [0.15, 0.2) is 0 Å². The van der Waals surface area contributed by atoms with Crippen molar-refractivity contribution in [1.82, 2.24) is 20.0 Å². The Balaban J connectivity index is 1.85. The highest BCUT2D eigenvalue weighted by molar-refractivity contribution is 8.00. The summed E-state index contributed by atoms with van der Waals surface area (Å²) < 4.78 is 12.9. The van der Waals surface area contributed by atoms with Crippen molar-refractivity contribution in [2.75, 3.05) is 58.6 Å². The smallest absolute Gasteiger partial charge is 0.240 e. The summed E-state index contributed by atoms with van der Waals surface area (Å²) in [5.74, 6) is 1.81. The number of methoxy groups -OCH3 is 2. The molecule has 9 nitrogen and oxygen atoms in total. The van der Waals surface area contributed by atoms with Gasteiger partial charge in [0.2, 0.25) is 11.8 Å². The third-order valence-electron chi connectivity index (χ3n) is 6.19. The number of benzene rings is 2. The number of anilines is 1. The molecule has 1 aromatic heterocycles. The van der Waals surface area contributed by atoms with Crippen LogP contribution in [0, 0.1) is 0 Å². The molecule has 0 radical (unpaired) electrons. The van der Waals surface area contributed by atoms with Crippen molar-refractivity contribution < 1.29 is 19.1 Å². The number of carbonyl (C=O) groups excluding carboxylic acids is 2. The van der Waals surface area contributed by atoms with E-state index in [0.717, 1.165) is 22.4 Å². The van der Waals surface area contributed by atoms with Gasteiger partial charge in [-0.1, -0.05) is 30.3 Å². The molecule has 0 unspecified atom stereocenters. The first-order valence-corrected chi connectivity index (χ1v) is 13.1. The maximum Gasteiger partial charge on any atom is 0.240 e. The molecule has 0 fully saturated rings. The number of amides is 2. The lowest BCUT2D eigenvalue weighted by molar-refractivity contribution is -0.122. The predicted octanol–water partition coefficient (Wildman–Crippen LogP) is 2.95. The number of aryl methyl sites for hydroxylation is 1. The first-order chi connectivity index (χ1) is 17.8. The third kappa shape index (κ3) is 5.75. The van der Waals surface area contributed by atoms with Crippen molar-refractivity contribution in [2.45, 2.75) is 5.25 Å². The van der Waals surface area contributed by atoms with Gasteiger partial charge in [0.25, 0.3) is 0 Å².